The van der Waals surface area contributed by atoms with E-state index >= 15 is 0 Å². The van der Waals surface area contributed by atoms with Crippen molar-refractivity contribution in [2.45, 2.75) is 76.9 Å². The first kappa shape index (κ1) is 39.6. The van der Waals surface area contributed by atoms with Crippen molar-refractivity contribution in [3.05, 3.63) is 118 Å². The van der Waals surface area contributed by atoms with E-state index in [1.165, 1.54) is 31.7 Å². The third kappa shape index (κ3) is 12.8. The summed E-state index contributed by atoms with van der Waals surface area (Å²) < 4.78 is 63.1. The van der Waals surface area contributed by atoms with Crippen LogP contribution in [0.2, 0.25) is 6.32 Å². The van der Waals surface area contributed by atoms with E-state index in [-0.39, 0.29) is 11.5 Å². The molecule has 0 fully saturated rings. The molecule has 0 unspecified atom stereocenters. The van der Waals surface area contributed by atoms with Gasteiger partial charge < -0.3 is 0 Å². The summed E-state index contributed by atoms with van der Waals surface area (Å²) in [5.74, 6) is -0.465. The van der Waals surface area contributed by atoms with Gasteiger partial charge in [0, 0.05) is 0 Å². The average molecular weight is 734 g/mol. The Morgan fingerprint density at radius 1 is 0.860 bits per heavy atom. The first-order valence-electron chi connectivity index (χ1n) is 17.2. The second kappa shape index (κ2) is 18.9. The number of hydrogen-bond donors (Lipinski definition) is 2. The summed E-state index contributed by atoms with van der Waals surface area (Å²) in [6, 6.07) is 22.9. The number of aryl methyl sites for hydroxylation is 1. The Labute approximate surface area is 303 Å². The van der Waals surface area contributed by atoms with E-state index < -0.39 is 20.2 Å². The molecule has 0 saturated carbocycles. The Hall–Kier alpha value is -3.22. The molecular weight excluding hydrogens is 685 g/mol. The van der Waals surface area contributed by atoms with Crippen LogP contribution in [0, 0.1) is 6.92 Å². The summed E-state index contributed by atoms with van der Waals surface area (Å²) in [5, 5.41) is 2.34. The molecule has 0 heterocycles. The Balaban J connectivity index is 1.65. The van der Waals surface area contributed by atoms with Crippen LogP contribution in [0.25, 0.3) is 10.8 Å². The predicted molar refractivity (Wildman–Crippen MR) is 213 cm³/mol. The average Bonchev–Trinajstić information content (AvgIpc) is 3.07. The van der Waals surface area contributed by atoms with Crippen LogP contribution in [-0.2, 0) is 20.2 Å². The fraction of sp³-hybridized carbons (Fsp3) is 0.359. The van der Waals surface area contributed by atoms with Crippen LogP contribution < -0.4 is 4.90 Å². The SMILES string of the molecule is CC(=BCCCCS(=O)(=O)O)/C=C/C1=C(Sc2ccccc2)C(=C/C=C(\C)N(CCCCS(=O)(=O)O)c2ccc3ccccc3c2C)/CCC1. The normalized spacial score (nSPS) is 15.7. The fourth-order valence-corrected chi connectivity index (χ4v) is 8.35. The van der Waals surface area contributed by atoms with Crippen LogP contribution in [-0.4, -0.2) is 56.4 Å². The van der Waals surface area contributed by atoms with Gasteiger partial charge in [0.15, 0.2) is 0 Å². The Morgan fingerprint density at radius 2 is 1.54 bits per heavy atom. The molecule has 0 atom stereocenters. The van der Waals surface area contributed by atoms with Crippen molar-refractivity contribution in [2.75, 3.05) is 23.0 Å². The van der Waals surface area contributed by atoms with Gasteiger partial charge in [0.1, 0.15) is 0 Å². The second-order valence-electron chi connectivity index (χ2n) is 12.8. The number of allylic oxidation sites excluding steroid dienone is 7. The molecule has 4 rings (SSSR count). The van der Waals surface area contributed by atoms with Gasteiger partial charge in [-0.2, -0.15) is 8.42 Å². The summed E-state index contributed by atoms with van der Waals surface area (Å²) in [7, 11) is -7.94. The van der Waals surface area contributed by atoms with Crippen molar-refractivity contribution in [3.63, 3.8) is 0 Å². The molecule has 50 heavy (non-hydrogen) atoms. The van der Waals surface area contributed by atoms with Crippen LogP contribution >= 0.6 is 11.8 Å². The van der Waals surface area contributed by atoms with Gasteiger partial charge in [0.25, 0.3) is 10.1 Å². The van der Waals surface area contributed by atoms with Crippen LogP contribution in [0.15, 0.2) is 118 Å². The Kier molecular flexibility index (Phi) is 14.9. The zero-order valence-corrected chi connectivity index (χ0v) is 31.7. The molecule has 0 saturated heterocycles. The van der Waals surface area contributed by atoms with Gasteiger partial charge in [-0.05, 0) is 24.1 Å². The van der Waals surface area contributed by atoms with Crippen molar-refractivity contribution >= 4 is 60.8 Å². The molecule has 0 aromatic heterocycles. The number of benzene rings is 3. The molecule has 0 bridgehead atoms. The first-order valence-corrected chi connectivity index (χ1v) is 21.2. The zero-order valence-electron chi connectivity index (χ0n) is 29.2. The molecule has 0 aliphatic heterocycles. The number of anilines is 1. The third-order valence-electron chi connectivity index (χ3n) is 8.75. The number of hydrogen-bond acceptors (Lipinski definition) is 6. The van der Waals surface area contributed by atoms with Gasteiger partial charge in [-0.25, -0.2) is 0 Å². The summed E-state index contributed by atoms with van der Waals surface area (Å²) in [6.07, 6.45) is 14.5. The minimum absolute atomic E-state index is 0.209. The van der Waals surface area contributed by atoms with E-state index in [4.69, 9.17) is 4.55 Å². The number of rotatable bonds is 17. The number of nitrogens with zero attached hydrogens (tertiary/aromatic N) is 1. The monoisotopic (exact) mass is 733 g/mol. The van der Waals surface area contributed by atoms with Gasteiger partial charge in [0.2, 0.25) is 0 Å². The summed E-state index contributed by atoms with van der Waals surface area (Å²) in [5.41, 5.74) is 6.92. The van der Waals surface area contributed by atoms with Crippen LogP contribution in [0.3, 0.4) is 0 Å². The van der Waals surface area contributed by atoms with Gasteiger partial charge >= 0.3 is 222 Å². The topological polar surface area (TPSA) is 112 Å². The molecule has 1 aliphatic rings. The molecule has 11 heteroatoms. The van der Waals surface area contributed by atoms with Crippen LogP contribution in [0.5, 0.6) is 0 Å². The van der Waals surface area contributed by atoms with Gasteiger partial charge in [-0.15, -0.1) is 0 Å². The van der Waals surface area contributed by atoms with Crippen molar-refractivity contribution in [2.24, 2.45) is 0 Å². The maximum atomic E-state index is 11.4. The molecular formula is C39H48BNO6S3. The molecule has 0 spiro atoms. The quantitative estimate of drug-likeness (QED) is 0.0803. The van der Waals surface area contributed by atoms with E-state index in [9.17, 15) is 21.4 Å². The van der Waals surface area contributed by atoms with Crippen molar-refractivity contribution in [1.82, 2.24) is 0 Å². The number of unbranched alkanes of at least 4 members (excludes halogenated alkanes) is 2. The van der Waals surface area contributed by atoms with Gasteiger partial charge in [0.05, 0.1) is 5.75 Å². The molecule has 0 amide bonds. The van der Waals surface area contributed by atoms with Crippen molar-refractivity contribution in [1.29, 1.82) is 0 Å². The van der Waals surface area contributed by atoms with E-state index in [1.54, 1.807) is 11.8 Å². The zero-order chi connectivity index (χ0) is 36.1. The minimum atomic E-state index is -4.02. The number of fused-ring (bicyclic) bond motifs is 1. The van der Waals surface area contributed by atoms with Crippen LogP contribution in [0.4, 0.5) is 5.69 Å². The maximum absolute atomic E-state index is 11.4. The summed E-state index contributed by atoms with van der Waals surface area (Å²) in [4.78, 5) is 4.66. The first-order chi connectivity index (χ1) is 23.8. The fourth-order valence-electron chi connectivity index (χ4n) is 6.08. The molecule has 1 aliphatic carbocycles. The van der Waals surface area contributed by atoms with Gasteiger partial charge in [-0.3, -0.25) is 4.55 Å². The molecule has 3 aromatic carbocycles. The Morgan fingerprint density at radius 3 is 2.26 bits per heavy atom. The second-order valence-corrected chi connectivity index (χ2v) is 17.0. The van der Waals surface area contributed by atoms with E-state index in [1.807, 2.05) is 18.2 Å². The van der Waals surface area contributed by atoms with Gasteiger partial charge in [-0.1, -0.05) is 30.3 Å². The van der Waals surface area contributed by atoms with Crippen LogP contribution in [0.1, 0.15) is 64.4 Å². The molecule has 266 valence electrons. The molecule has 3 aromatic rings. The summed E-state index contributed by atoms with van der Waals surface area (Å²) in [6.45, 7) is 8.99. The molecule has 7 nitrogen and oxygen atoms in total. The molecule has 2 N–H and O–H groups in total. The van der Waals surface area contributed by atoms with E-state index in [2.05, 4.69) is 105 Å². The van der Waals surface area contributed by atoms with E-state index in [0.29, 0.717) is 32.2 Å². The molecule has 0 radical (unpaired) electrons. The van der Waals surface area contributed by atoms with Crippen molar-refractivity contribution < 1.29 is 25.9 Å². The standard InChI is InChI=1S/C39H48BNO6S3/c1-30(40-26-9-11-28-49(42,43)44)20-22-34-15-13-16-35(39(34)48-36-17-5-4-6-18-36)23-21-31(2)41(27-10-12-29-50(45,46)47)38-25-24-33-14-7-8-19-37(33)32(38)3/h4-8,14,17-25H,9-13,15-16,26-29H2,1-3H3,(H,42,43,44)(H,45,46,47)/b22-20+,31-21+,35-23+. The van der Waals surface area contributed by atoms with Crippen molar-refractivity contribution in [3.8, 4) is 0 Å². The third-order valence-corrected chi connectivity index (χ3v) is 11.6. The van der Waals surface area contributed by atoms with E-state index in [0.717, 1.165) is 48.0 Å². The summed E-state index contributed by atoms with van der Waals surface area (Å²) >= 11 is 1.78. The predicted octanol–water partition coefficient (Wildman–Crippen LogP) is 9.22. The number of thioether (sulfide) groups is 1. The Bertz CT molecular complexity index is 2000.